The van der Waals surface area contributed by atoms with Crippen LogP contribution in [0.4, 0.5) is 4.39 Å². The number of aromatic amines is 1. The van der Waals surface area contributed by atoms with Crippen LogP contribution >= 0.6 is 19.0 Å². The van der Waals surface area contributed by atoms with Crippen molar-refractivity contribution in [2.75, 3.05) is 7.11 Å². The quantitative estimate of drug-likeness (QED) is 0.460. The van der Waals surface area contributed by atoms with Gasteiger partial charge in [0.1, 0.15) is 5.69 Å². The van der Waals surface area contributed by atoms with E-state index < -0.39 is 24.8 Å². The van der Waals surface area contributed by atoms with Crippen LogP contribution < -0.4 is 10.6 Å². The van der Waals surface area contributed by atoms with Gasteiger partial charge in [0.15, 0.2) is 5.82 Å². The minimum absolute atomic E-state index is 0.133. The normalized spacial score (nSPS) is 13.5. The Labute approximate surface area is 170 Å². The summed E-state index contributed by atoms with van der Waals surface area (Å²) in [6.07, 6.45) is 2.77. The molecule has 0 spiro atoms. The Bertz CT molecular complexity index is 1260. The van der Waals surface area contributed by atoms with E-state index >= 15 is 0 Å². The third kappa shape index (κ3) is 3.58. The van der Waals surface area contributed by atoms with Gasteiger partial charge < -0.3 is 14.6 Å². The van der Waals surface area contributed by atoms with E-state index in [0.717, 1.165) is 0 Å². The van der Waals surface area contributed by atoms with Crippen molar-refractivity contribution in [3.05, 3.63) is 64.1 Å². The third-order valence-corrected chi connectivity index (χ3v) is 7.15. The highest BCUT2D eigenvalue weighted by Gasteiger charge is 2.37. The number of nitrogens with zero attached hydrogens (tertiary/aromatic N) is 1. The summed E-state index contributed by atoms with van der Waals surface area (Å²) in [6.45, 7) is 1.75. The molecule has 0 amide bonds. The highest BCUT2D eigenvalue weighted by molar-refractivity contribution is 7.75. The molecule has 2 N–H and O–H groups in total. The minimum Gasteiger partial charge on any atom is -0.477 e. The zero-order valence-electron chi connectivity index (χ0n) is 15.4. The molecular weight excluding hydrogens is 418 g/mol. The Hall–Kier alpha value is -2.91. The molecule has 0 aliphatic heterocycles. The molecule has 0 aliphatic rings. The van der Waals surface area contributed by atoms with Gasteiger partial charge in [-0.15, -0.1) is 0 Å². The summed E-state index contributed by atoms with van der Waals surface area (Å²) in [4.78, 5) is 14.4. The van der Waals surface area contributed by atoms with Crippen molar-refractivity contribution in [3.8, 4) is 6.07 Å². The number of carboxylic acids is 1. The number of halogens is 2. The number of aryl methyl sites for hydroxylation is 1. The van der Waals surface area contributed by atoms with Crippen molar-refractivity contribution in [1.29, 1.82) is 5.26 Å². The fourth-order valence-corrected chi connectivity index (χ4v) is 5.63. The highest BCUT2D eigenvalue weighted by atomic mass is 35.5. The van der Waals surface area contributed by atoms with Crippen LogP contribution in [-0.4, -0.2) is 23.2 Å². The van der Waals surface area contributed by atoms with Crippen LogP contribution in [0.5, 0.6) is 0 Å². The van der Waals surface area contributed by atoms with Crippen molar-refractivity contribution >= 4 is 52.5 Å². The second kappa shape index (κ2) is 7.84. The van der Waals surface area contributed by atoms with Gasteiger partial charge >= 0.3 is 5.97 Å². The highest BCUT2D eigenvalue weighted by Crippen LogP contribution is 2.48. The van der Waals surface area contributed by atoms with Crippen LogP contribution in [0, 0.1) is 24.1 Å². The Morgan fingerprint density at radius 2 is 2.10 bits per heavy atom. The molecule has 0 saturated heterocycles. The average molecular weight is 433 g/mol. The number of hydrogen-bond acceptors (Lipinski definition) is 4. The molecule has 1 unspecified atom stereocenters. The number of rotatable bonds is 5. The molecule has 1 atom stereocenters. The number of carbonyl (C=O) groups is 1. The second-order valence-corrected chi connectivity index (χ2v) is 9.08. The molecule has 2 aromatic carbocycles. The lowest BCUT2D eigenvalue weighted by Crippen LogP contribution is -2.23. The van der Waals surface area contributed by atoms with Gasteiger partial charge in [0.25, 0.3) is 7.37 Å². The number of allylic oxidation sites excluding steroid dienone is 1. The lowest BCUT2D eigenvalue weighted by molar-refractivity contribution is 0.0692. The van der Waals surface area contributed by atoms with Crippen LogP contribution in [-0.2, 0) is 9.09 Å². The van der Waals surface area contributed by atoms with E-state index in [-0.39, 0.29) is 26.5 Å². The van der Waals surface area contributed by atoms with Crippen molar-refractivity contribution < 1.29 is 23.4 Å². The van der Waals surface area contributed by atoms with E-state index in [9.17, 15) is 18.9 Å². The number of aromatic nitrogens is 1. The zero-order chi connectivity index (χ0) is 21.3. The summed E-state index contributed by atoms with van der Waals surface area (Å²) in [7, 11) is -2.89. The number of benzene rings is 2. The first-order valence-electron chi connectivity index (χ1n) is 8.30. The molecule has 9 heteroatoms. The van der Waals surface area contributed by atoms with E-state index in [1.165, 1.54) is 37.5 Å². The molecule has 3 aromatic rings. The largest absolute Gasteiger partial charge is 0.477 e. The monoisotopic (exact) mass is 432 g/mol. The average Bonchev–Trinajstić information content (AvgIpc) is 3.09. The van der Waals surface area contributed by atoms with Gasteiger partial charge in [-0.05, 0) is 48.4 Å². The Morgan fingerprint density at radius 1 is 1.38 bits per heavy atom. The number of fused-ring (bicyclic) bond motifs is 1. The predicted molar refractivity (Wildman–Crippen MR) is 110 cm³/mol. The molecule has 1 aromatic heterocycles. The first kappa shape index (κ1) is 20.8. The number of hydrogen-bond donors (Lipinski definition) is 2. The van der Waals surface area contributed by atoms with Gasteiger partial charge in [0.2, 0.25) is 0 Å². The lowest BCUT2D eigenvalue weighted by Gasteiger charge is -2.19. The van der Waals surface area contributed by atoms with Crippen molar-refractivity contribution in [3.63, 3.8) is 0 Å². The molecule has 0 bridgehead atoms. The summed E-state index contributed by atoms with van der Waals surface area (Å²) in [5.74, 6) is -2.31. The molecule has 3 rings (SSSR count). The molecule has 0 aliphatic carbocycles. The van der Waals surface area contributed by atoms with Crippen molar-refractivity contribution in [2.24, 2.45) is 0 Å². The van der Waals surface area contributed by atoms with Crippen LogP contribution in [0.2, 0.25) is 5.02 Å². The summed E-state index contributed by atoms with van der Waals surface area (Å²) < 4.78 is 34.2. The van der Waals surface area contributed by atoms with Gasteiger partial charge in [-0.25, -0.2) is 9.18 Å². The SMILES string of the molecule is COP(=O)(c1cc(C)cc(C=CC#N)c1)c1c(C(=O)O)[nH]c2ccc(Cl)c(F)c12. The summed E-state index contributed by atoms with van der Waals surface area (Å²) in [6, 6.07) is 9.39. The Balaban J connectivity index is 2.42. The summed E-state index contributed by atoms with van der Waals surface area (Å²) in [5, 5.41) is 17.8. The molecule has 0 radical (unpaired) electrons. The Morgan fingerprint density at radius 3 is 2.72 bits per heavy atom. The van der Waals surface area contributed by atoms with Gasteiger partial charge in [0.05, 0.1) is 21.8 Å². The summed E-state index contributed by atoms with van der Waals surface area (Å²) >= 11 is 5.89. The van der Waals surface area contributed by atoms with E-state index in [1.54, 1.807) is 19.1 Å². The second-order valence-electron chi connectivity index (χ2n) is 6.24. The fourth-order valence-electron chi connectivity index (χ4n) is 3.17. The molecular formula is C20H15ClFN2O4P. The minimum atomic E-state index is -4.05. The number of aromatic carboxylic acids is 1. The predicted octanol–water partition coefficient (Wildman–Crippen LogP) is 4.38. The van der Waals surface area contributed by atoms with Gasteiger partial charge in [0, 0.05) is 24.0 Å². The van der Waals surface area contributed by atoms with E-state index in [1.807, 2.05) is 6.07 Å². The van der Waals surface area contributed by atoms with Crippen LogP contribution in [0.15, 0.2) is 36.4 Å². The van der Waals surface area contributed by atoms with Crippen molar-refractivity contribution in [1.82, 2.24) is 4.98 Å². The first-order chi connectivity index (χ1) is 13.7. The van der Waals surface area contributed by atoms with E-state index in [2.05, 4.69) is 4.98 Å². The van der Waals surface area contributed by atoms with Gasteiger partial charge in [-0.3, -0.25) is 4.57 Å². The number of nitriles is 1. The maximum Gasteiger partial charge on any atom is 0.353 e. The molecule has 0 fully saturated rings. The number of H-pyrrole nitrogens is 1. The van der Waals surface area contributed by atoms with Gasteiger partial charge in [-0.1, -0.05) is 17.7 Å². The maximum absolute atomic E-state index is 14.9. The van der Waals surface area contributed by atoms with Crippen LogP contribution in [0.1, 0.15) is 21.6 Å². The molecule has 29 heavy (non-hydrogen) atoms. The fraction of sp³-hybridized carbons (Fsp3) is 0.100. The van der Waals surface area contributed by atoms with Crippen LogP contribution in [0.3, 0.4) is 0 Å². The van der Waals surface area contributed by atoms with Crippen LogP contribution in [0.25, 0.3) is 17.0 Å². The molecule has 6 nitrogen and oxygen atoms in total. The first-order valence-corrected chi connectivity index (χ1v) is 10.3. The number of carboxylic acid groups (broad SMARTS) is 1. The third-order valence-electron chi connectivity index (χ3n) is 4.37. The maximum atomic E-state index is 14.9. The smallest absolute Gasteiger partial charge is 0.353 e. The molecule has 0 saturated carbocycles. The van der Waals surface area contributed by atoms with Crippen molar-refractivity contribution in [2.45, 2.75) is 6.92 Å². The zero-order valence-corrected chi connectivity index (χ0v) is 17.0. The summed E-state index contributed by atoms with van der Waals surface area (Å²) in [5.41, 5.74) is 0.956. The molecule has 148 valence electrons. The topological polar surface area (TPSA) is 103 Å². The number of nitrogens with one attached hydrogen (secondary N) is 1. The van der Waals surface area contributed by atoms with E-state index in [0.29, 0.717) is 11.1 Å². The van der Waals surface area contributed by atoms with E-state index in [4.69, 9.17) is 21.4 Å². The standard InChI is InChI=1S/C20H15ClFN2O4P/c1-11-8-12(4-3-7-23)10-13(9-11)29(27,28-2)19-16-15(24-18(19)20(25)26)6-5-14(21)17(16)22/h3-6,8-10,24H,1-2H3,(H,25,26). The molecule has 1 heterocycles. The van der Waals surface area contributed by atoms with Gasteiger partial charge in [-0.2, -0.15) is 5.26 Å². The lowest BCUT2D eigenvalue weighted by atomic mass is 10.1. The Kier molecular flexibility index (Phi) is 5.63.